The summed E-state index contributed by atoms with van der Waals surface area (Å²) in [4.78, 5) is 26.6. The predicted octanol–water partition coefficient (Wildman–Crippen LogP) is 1.69. The van der Waals surface area contributed by atoms with Gasteiger partial charge >= 0.3 is 0 Å². The van der Waals surface area contributed by atoms with Gasteiger partial charge in [0.15, 0.2) is 5.78 Å². The van der Waals surface area contributed by atoms with E-state index in [2.05, 4.69) is 4.90 Å². The van der Waals surface area contributed by atoms with Crippen LogP contribution in [0.15, 0.2) is 18.2 Å². The lowest BCUT2D eigenvalue weighted by Gasteiger charge is -2.41. The van der Waals surface area contributed by atoms with E-state index in [9.17, 15) is 20.0 Å². The molecule has 0 aliphatic carbocycles. The molecule has 1 saturated heterocycles. The van der Waals surface area contributed by atoms with Crippen LogP contribution in [0.3, 0.4) is 0 Å². The minimum atomic E-state index is -0.434. The Morgan fingerprint density at radius 2 is 2.17 bits per heavy atom. The second kappa shape index (κ2) is 7.06. The third-order valence-electron chi connectivity index (χ3n) is 4.12. The van der Waals surface area contributed by atoms with Gasteiger partial charge in [-0.25, -0.2) is 0 Å². The number of anilines is 1. The van der Waals surface area contributed by atoms with E-state index < -0.39 is 11.0 Å². The van der Waals surface area contributed by atoms with Gasteiger partial charge in [0.25, 0.3) is 5.69 Å². The molecule has 2 unspecified atom stereocenters. The fraction of sp³-hybridized carbons (Fsp3) is 0.562. The Labute approximate surface area is 135 Å². The van der Waals surface area contributed by atoms with Gasteiger partial charge in [-0.3, -0.25) is 19.8 Å². The van der Waals surface area contributed by atoms with Crippen LogP contribution in [0.5, 0.6) is 0 Å². The zero-order chi connectivity index (χ0) is 17.1. The first-order chi connectivity index (χ1) is 10.8. The van der Waals surface area contributed by atoms with E-state index in [0.29, 0.717) is 24.3 Å². The van der Waals surface area contributed by atoms with E-state index in [1.807, 2.05) is 11.8 Å². The number of Topliss-reactive ketones (excluding diaryl/α,β-unsaturated/α-hetero) is 1. The van der Waals surface area contributed by atoms with Crippen LogP contribution in [0.1, 0.15) is 31.1 Å². The molecule has 1 N–H and O–H groups in total. The number of hydrogen-bond donors (Lipinski definition) is 1. The van der Waals surface area contributed by atoms with Crippen LogP contribution in [0.25, 0.3) is 0 Å². The number of aliphatic hydroxyl groups is 1. The number of benzene rings is 1. The normalized spacial score (nSPS) is 20.3. The molecule has 1 aliphatic heterocycles. The van der Waals surface area contributed by atoms with E-state index >= 15 is 0 Å². The second-order valence-corrected chi connectivity index (χ2v) is 6.17. The first-order valence-corrected chi connectivity index (χ1v) is 7.76. The summed E-state index contributed by atoms with van der Waals surface area (Å²) in [5.74, 6) is -0.186. The van der Waals surface area contributed by atoms with Gasteiger partial charge in [0, 0.05) is 43.9 Å². The van der Waals surface area contributed by atoms with Crippen molar-refractivity contribution in [3.63, 3.8) is 0 Å². The van der Waals surface area contributed by atoms with Gasteiger partial charge in [0.05, 0.1) is 11.0 Å². The molecule has 7 nitrogen and oxygen atoms in total. The lowest BCUT2D eigenvalue weighted by atomic mass is 10.1. The molecule has 0 saturated carbocycles. The molecule has 0 aromatic heterocycles. The molecule has 2 atom stereocenters. The SMILES string of the molecule is CC(=O)c1ccc(N2CCN(CC(C)O)CC2C)c([N+](=O)[O-])c1. The van der Waals surface area contributed by atoms with E-state index in [1.54, 1.807) is 19.1 Å². The van der Waals surface area contributed by atoms with Gasteiger partial charge in [-0.15, -0.1) is 0 Å². The van der Waals surface area contributed by atoms with Crippen LogP contribution in [0.4, 0.5) is 11.4 Å². The number of carbonyl (C=O) groups excluding carboxylic acids is 1. The Bertz CT molecular complexity index is 603. The van der Waals surface area contributed by atoms with Crippen molar-refractivity contribution in [2.45, 2.75) is 32.9 Å². The van der Waals surface area contributed by atoms with Crippen LogP contribution >= 0.6 is 0 Å². The summed E-state index contributed by atoms with van der Waals surface area (Å²) in [7, 11) is 0. The van der Waals surface area contributed by atoms with Gasteiger partial charge in [-0.05, 0) is 32.9 Å². The highest BCUT2D eigenvalue weighted by Crippen LogP contribution is 2.32. The maximum absolute atomic E-state index is 11.5. The highest BCUT2D eigenvalue weighted by atomic mass is 16.6. The molecule has 0 spiro atoms. The van der Waals surface area contributed by atoms with E-state index in [-0.39, 0.29) is 17.5 Å². The van der Waals surface area contributed by atoms with Crippen molar-refractivity contribution >= 4 is 17.2 Å². The molecule has 1 aromatic carbocycles. The molecule has 1 heterocycles. The highest BCUT2D eigenvalue weighted by Gasteiger charge is 2.29. The first-order valence-electron chi connectivity index (χ1n) is 7.76. The maximum Gasteiger partial charge on any atom is 0.293 e. The standard InChI is InChI=1S/C16H23N3O4/c1-11-9-17(10-12(2)20)6-7-18(11)15-5-4-14(13(3)21)8-16(15)19(22)23/h4-5,8,11-12,20H,6-7,9-10H2,1-3H3. The van der Waals surface area contributed by atoms with Crippen LogP contribution in [-0.2, 0) is 0 Å². The third kappa shape index (κ3) is 4.05. The largest absolute Gasteiger partial charge is 0.392 e. The van der Waals surface area contributed by atoms with Crippen LogP contribution in [0, 0.1) is 10.1 Å². The molecule has 2 rings (SSSR count). The van der Waals surface area contributed by atoms with Crippen molar-refractivity contribution in [2.75, 3.05) is 31.1 Å². The highest BCUT2D eigenvalue weighted by molar-refractivity contribution is 5.95. The Kier molecular flexibility index (Phi) is 5.33. The van der Waals surface area contributed by atoms with Gasteiger partial charge < -0.3 is 10.0 Å². The van der Waals surface area contributed by atoms with Crippen LogP contribution in [-0.4, -0.2) is 59.0 Å². The monoisotopic (exact) mass is 321 g/mol. The Hall–Kier alpha value is -1.99. The predicted molar refractivity (Wildman–Crippen MR) is 88.0 cm³/mol. The summed E-state index contributed by atoms with van der Waals surface area (Å²) < 4.78 is 0. The number of β-amino-alcohol motifs (C(OH)–C–C–N with tert-alkyl or cyclic N) is 1. The van der Waals surface area contributed by atoms with Crippen LogP contribution < -0.4 is 4.90 Å². The number of nitro groups is 1. The zero-order valence-electron chi connectivity index (χ0n) is 13.7. The van der Waals surface area contributed by atoms with Crippen molar-refractivity contribution in [3.05, 3.63) is 33.9 Å². The number of carbonyl (C=O) groups is 1. The molecular weight excluding hydrogens is 298 g/mol. The average molecular weight is 321 g/mol. The van der Waals surface area contributed by atoms with Crippen molar-refractivity contribution in [1.29, 1.82) is 0 Å². The van der Waals surface area contributed by atoms with Crippen LogP contribution in [0.2, 0.25) is 0 Å². The van der Waals surface area contributed by atoms with E-state index in [0.717, 1.165) is 13.1 Å². The maximum atomic E-state index is 11.5. The smallest absolute Gasteiger partial charge is 0.293 e. The summed E-state index contributed by atoms with van der Waals surface area (Å²) in [6.45, 7) is 7.88. The molecule has 7 heteroatoms. The second-order valence-electron chi connectivity index (χ2n) is 6.17. The number of piperazine rings is 1. The topological polar surface area (TPSA) is 86.9 Å². The quantitative estimate of drug-likeness (QED) is 0.504. The molecule has 23 heavy (non-hydrogen) atoms. The molecular formula is C16H23N3O4. The number of ketones is 1. The van der Waals surface area contributed by atoms with E-state index in [1.165, 1.54) is 13.0 Å². The van der Waals surface area contributed by atoms with Gasteiger partial charge in [-0.2, -0.15) is 0 Å². The number of nitrogens with zero attached hydrogens (tertiary/aromatic N) is 3. The zero-order valence-corrected chi connectivity index (χ0v) is 13.7. The molecule has 1 aromatic rings. The lowest BCUT2D eigenvalue weighted by Crippen LogP contribution is -2.53. The lowest BCUT2D eigenvalue weighted by molar-refractivity contribution is -0.384. The molecule has 0 bridgehead atoms. The number of hydrogen-bond acceptors (Lipinski definition) is 6. The van der Waals surface area contributed by atoms with Crippen molar-refractivity contribution < 1.29 is 14.8 Å². The third-order valence-corrected chi connectivity index (χ3v) is 4.12. The molecule has 0 amide bonds. The summed E-state index contributed by atoms with van der Waals surface area (Å²) in [6.07, 6.45) is -0.391. The van der Waals surface area contributed by atoms with Crippen molar-refractivity contribution in [1.82, 2.24) is 4.90 Å². The molecule has 0 radical (unpaired) electrons. The van der Waals surface area contributed by atoms with Crippen molar-refractivity contribution in [2.24, 2.45) is 0 Å². The average Bonchev–Trinajstić information content (AvgIpc) is 2.46. The van der Waals surface area contributed by atoms with Gasteiger partial charge in [0.1, 0.15) is 5.69 Å². The fourth-order valence-electron chi connectivity index (χ4n) is 3.06. The fourth-order valence-corrected chi connectivity index (χ4v) is 3.06. The summed E-state index contributed by atoms with van der Waals surface area (Å²) in [6, 6.07) is 4.74. The Morgan fingerprint density at radius 1 is 1.48 bits per heavy atom. The Balaban J connectivity index is 2.25. The number of rotatable bonds is 5. The first kappa shape index (κ1) is 17.4. The minimum Gasteiger partial charge on any atom is -0.392 e. The number of aliphatic hydroxyl groups excluding tert-OH is 1. The summed E-state index contributed by atoms with van der Waals surface area (Å²) in [5.41, 5.74) is 0.860. The Morgan fingerprint density at radius 3 is 2.70 bits per heavy atom. The van der Waals surface area contributed by atoms with Crippen molar-refractivity contribution in [3.8, 4) is 0 Å². The number of nitro benzene ring substituents is 1. The molecule has 126 valence electrons. The summed E-state index contributed by atoms with van der Waals surface area (Å²) >= 11 is 0. The molecule has 1 fully saturated rings. The minimum absolute atomic E-state index is 0.0338. The van der Waals surface area contributed by atoms with E-state index in [4.69, 9.17) is 0 Å². The van der Waals surface area contributed by atoms with Gasteiger partial charge in [0.2, 0.25) is 0 Å². The summed E-state index contributed by atoms with van der Waals surface area (Å²) in [5, 5.41) is 20.9. The molecule has 1 aliphatic rings. The van der Waals surface area contributed by atoms with Gasteiger partial charge in [-0.1, -0.05) is 0 Å².